The van der Waals surface area contributed by atoms with Gasteiger partial charge in [-0.1, -0.05) is 42.5 Å². The number of carbonyl (C=O) groups excluding carboxylic acids is 2. The molecule has 2 aromatic rings. The lowest BCUT2D eigenvalue weighted by atomic mass is 10.1. The van der Waals surface area contributed by atoms with Crippen LogP contribution in [-0.2, 0) is 20.7 Å². The first-order valence-electron chi connectivity index (χ1n) is 9.41. The Morgan fingerprint density at radius 1 is 1.11 bits per heavy atom. The second-order valence-electron chi connectivity index (χ2n) is 6.83. The van der Waals surface area contributed by atoms with E-state index in [-0.39, 0.29) is 24.6 Å². The fourth-order valence-corrected chi connectivity index (χ4v) is 3.47. The molecule has 1 fully saturated rings. The third-order valence-electron chi connectivity index (χ3n) is 4.89. The van der Waals surface area contributed by atoms with Crippen molar-refractivity contribution in [2.75, 3.05) is 13.7 Å². The van der Waals surface area contributed by atoms with E-state index in [0.717, 1.165) is 6.42 Å². The molecule has 3 rings (SSSR count). The molecule has 28 heavy (non-hydrogen) atoms. The second kappa shape index (κ2) is 9.35. The Bertz CT molecular complexity index is 811. The molecule has 5 nitrogen and oxygen atoms in total. The molecule has 2 aromatic carbocycles. The molecule has 1 saturated heterocycles. The Hall–Kier alpha value is -2.89. The highest BCUT2D eigenvalue weighted by Gasteiger charge is 2.41. The van der Waals surface area contributed by atoms with Crippen LogP contribution >= 0.6 is 0 Å². The molecular weight excluding hydrogens is 361 g/mol. The van der Waals surface area contributed by atoms with Gasteiger partial charge in [0.25, 0.3) is 0 Å². The van der Waals surface area contributed by atoms with Gasteiger partial charge in [0.05, 0.1) is 13.7 Å². The van der Waals surface area contributed by atoms with Crippen LogP contribution in [0.15, 0.2) is 54.6 Å². The third-order valence-corrected chi connectivity index (χ3v) is 4.89. The van der Waals surface area contributed by atoms with Gasteiger partial charge in [-0.25, -0.2) is 9.18 Å². The number of carbonyl (C=O) groups is 2. The summed E-state index contributed by atoms with van der Waals surface area (Å²) < 4.78 is 24.4. The monoisotopic (exact) mass is 385 g/mol. The number of hydrogen-bond donors (Lipinski definition) is 0. The van der Waals surface area contributed by atoms with E-state index in [1.165, 1.54) is 29.7 Å². The smallest absolute Gasteiger partial charge is 0.328 e. The van der Waals surface area contributed by atoms with Gasteiger partial charge < -0.3 is 14.4 Å². The maximum absolute atomic E-state index is 13.9. The number of rotatable bonds is 7. The molecule has 0 aliphatic carbocycles. The number of esters is 1. The lowest BCUT2D eigenvalue weighted by Gasteiger charge is -2.22. The summed E-state index contributed by atoms with van der Waals surface area (Å²) in [7, 11) is 1.30. The summed E-state index contributed by atoms with van der Waals surface area (Å²) in [5.41, 5.74) is 1.17. The minimum atomic E-state index is -0.703. The van der Waals surface area contributed by atoms with E-state index in [2.05, 4.69) is 0 Å². The molecule has 1 aliphatic rings. The maximum Gasteiger partial charge on any atom is 0.328 e. The van der Waals surface area contributed by atoms with Gasteiger partial charge in [0, 0.05) is 12.8 Å². The highest BCUT2D eigenvalue weighted by Crippen LogP contribution is 2.26. The van der Waals surface area contributed by atoms with Crippen LogP contribution in [0.2, 0.25) is 0 Å². The van der Waals surface area contributed by atoms with E-state index >= 15 is 0 Å². The summed E-state index contributed by atoms with van der Waals surface area (Å²) >= 11 is 0. The average Bonchev–Trinajstić information content (AvgIpc) is 3.14. The summed E-state index contributed by atoms with van der Waals surface area (Å²) in [5.74, 6) is -0.943. The average molecular weight is 385 g/mol. The second-order valence-corrected chi connectivity index (χ2v) is 6.83. The summed E-state index contributed by atoms with van der Waals surface area (Å²) in [5, 5.41) is 0. The Morgan fingerprint density at radius 2 is 1.82 bits per heavy atom. The van der Waals surface area contributed by atoms with Crippen molar-refractivity contribution < 1.29 is 23.5 Å². The normalized spacial score (nSPS) is 18.7. The van der Waals surface area contributed by atoms with Crippen LogP contribution in [0.4, 0.5) is 4.39 Å². The molecule has 2 atom stereocenters. The molecular formula is C22H24FNO4. The van der Waals surface area contributed by atoms with E-state index in [9.17, 15) is 14.0 Å². The fourth-order valence-electron chi connectivity index (χ4n) is 3.47. The molecule has 2 unspecified atom stereocenters. The van der Waals surface area contributed by atoms with E-state index in [0.29, 0.717) is 12.8 Å². The number of nitrogens with zero attached hydrogens (tertiary/aromatic N) is 1. The van der Waals surface area contributed by atoms with Gasteiger partial charge in [-0.15, -0.1) is 0 Å². The van der Waals surface area contributed by atoms with Crippen molar-refractivity contribution >= 4 is 11.9 Å². The molecule has 0 saturated carbocycles. The largest absolute Gasteiger partial charge is 0.485 e. The van der Waals surface area contributed by atoms with Crippen molar-refractivity contribution in [1.82, 2.24) is 4.90 Å². The minimum Gasteiger partial charge on any atom is -0.485 e. The predicted octanol–water partition coefficient (Wildman–Crippen LogP) is 3.37. The first-order chi connectivity index (χ1) is 13.6. The maximum atomic E-state index is 13.9. The zero-order valence-corrected chi connectivity index (χ0v) is 15.8. The van der Waals surface area contributed by atoms with Gasteiger partial charge >= 0.3 is 5.97 Å². The molecule has 1 heterocycles. The zero-order chi connectivity index (χ0) is 19.9. The van der Waals surface area contributed by atoms with E-state index in [4.69, 9.17) is 9.47 Å². The first kappa shape index (κ1) is 19.9. The number of benzene rings is 2. The van der Waals surface area contributed by atoms with Gasteiger partial charge in [0.15, 0.2) is 11.6 Å². The van der Waals surface area contributed by atoms with E-state index < -0.39 is 23.9 Å². The van der Waals surface area contributed by atoms with Crippen molar-refractivity contribution in [3.8, 4) is 5.75 Å². The Labute approximate surface area is 164 Å². The Balaban J connectivity index is 1.61. The summed E-state index contributed by atoms with van der Waals surface area (Å²) in [6.07, 6.45) is 1.63. The SMILES string of the molecule is COC(=O)C1CC(Oc2ccccc2F)CN1C(=O)CCCc1ccccc1. The van der Waals surface area contributed by atoms with Crippen LogP contribution in [0.25, 0.3) is 0 Å². The number of hydrogen-bond acceptors (Lipinski definition) is 4. The van der Waals surface area contributed by atoms with Gasteiger partial charge in [0.2, 0.25) is 5.91 Å². The van der Waals surface area contributed by atoms with Crippen LogP contribution in [0, 0.1) is 5.82 Å². The summed E-state index contributed by atoms with van der Waals surface area (Å²) in [6.45, 7) is 0.234. The van der Waals surface area contributed by atoms with Gasteiger partial charge in [-0.2, -0.15) is 0 Å². The van der Waals surface area contributed by atoms with Crippen LogP contribution in [0.5, 0.6) is 5.75 Å². The number of methoxy groups -OCH3 is 1. The van der Waals surface area contributed by atoms with Crippen LogP contribution in [0.1, 0.15) is 24.8 Å². The molecule has 1 amide bonds. The zero-order valence-electron chi connectivity index (χ0n) is 15.8. The summed E-state index contributed by atoms with van der Waals surface area (Å²) in [6, 6.07) is 15.3. The number of aryl methyl sites for hydroxylation is 1. The van der Waals surface area contributed by atoms with Crippen molar-refractivity contribution in [2.24, 2.45) is 0 Å². The van der Waals surface area contributed by atoms with Crippen molar-refractivity contribution in [3.05, 3.63) is 66.0 Å². The van der Waals surface area contributed by atoms with E-state index in [1.54, 1.807) is 12.1 Å². The van der Waals surface area contributed by atoms with Crippen LogP contribution in [0.3, 0.4) is 0 Å². The molecule has 6 heteroatoms. The molecule has 0 bridgehead atoms. The van der Waals surface area contributed by atoms with Crippen LogP contribution < -0.4 is 4.74 Å². The molecule has 0 spiro atoms. The number of halogens is 1. The Kier molecular flexibility index (Phi) is 6.63. The number of para-hydroxylation sites is 1. The lowest BCUT2D eigenvalue weighted by molar-refractivity contribution is -0.151. The van der Waals surface area contributed by atoms with Gasteiger partial charge in [-0.3, -0.25) is 4.79 Å². The molecule has 0 N–H and O–H groups in total. The molecule has 1 aliphatic heterocycles. The third kappa shape index (κ3) is 4.88. The standard InChI is InChI=1S/C22H24FNO4/c1-27-22(26)19-14-17(28-20-12-6-5-11-18(20)23)15-24(19)21(25)13-7-10-16-8-3-2-4-9-16/h2-6,8-9,11-12,17,19H,7,10,13-15H2,1H3. The van der Waals surface area contributed by atoms with Gasteiger partial charge in [-0.05, 0) is 30.5 Å². The van der Waals surface area contributed by atoms with Crippen LogP contribution in [-0.4, -0.2) is 42.6 Å². The van der Waals surface area contributed by atoms with Gasteiger partial charge in [0.1, 0.15) is 12.1 Å². The fraction of sp³-hybridized carbons (Fsp3) is 0.364. The topological polar surface area (TPSA) is 55.8 Å². The molecule has 0 radical (unpaired) electrons. The molecule has 148 valence electrons. The first-order valence-corrected chi connectivity index (χ1v) is 9.41. The highest BCUT2D eigenvalue weighted by atomic mass is 19.1. The number of likely N-dealkylation sites (tertiary alicyclic amines) is 1. The quantitative estimate of drug-likeness (QED) is 0.686. The number of amides is 1. The lowest BCUT2D eigenvalue weighted by Crippen LogP contribution is -2.41. The molecule has 0 aromatic heterocycles. The Morgan fingerprint density at radius 3 is 2.54 bits per heavy atom. The van der Waals surface area contributed by atoms with E-state index in [1.807, 2.05) is 30.3 Å². The summed E-state index contributed by atoms with van der Waals surface area (Å²) in [4.78, 5) is 26.4. The highest BCUT2D eigenvalue weighted by molar-refractivity contribution is 5.85. The predicted molar refractivity (Wildman–Crippen MR) is 102 cm³/mol. The van der Waals surface area contributed by atoms with Crippen molar-refractivity contribution in [3.63, 3.8) is 0 Å². The number of ether oxygens (including phenoxy) is 2. The van der Waals surface area contributed by atoms with Crippen molar-refractivity contribution in [1.29, 1.82) is 0 Å². The van der Waals surface area contributed by atoms with Crippen molar-refractivity contribution in [2.45, 2.75) is 37.8 Å². The minimum absolute atomic E-state index is 0.119.